The van der Waals surface area contributed by atoms with Crippen molar-refractivity contribution in [3.05, 3.63) is 34.5 Å². The fourth-order valence-corrected chi connectivity index (χ4v) is 1.82. The van der Waals surface area contributed by atoms with E-state index < -0.39 is 0 Å². The van der Waals surface area contributed by atoms with Crippen LogP contribution < -0.4 is 5.56 Å². The highest BCUT2D eigenvalue weighted by molar-refractivity contribution is 5.52. The molecule has 1 N–H and O–H groups in total. The molecule has 2 aromatic rings. The highest BCUT2D eigenvalue weighted by Gasteiger charge is 2.17. The number of aryl methyl sites for hydroxylation is 1. The van der Waals surface area contributed by atoms with Crippen molar-refractivity contribution < 1.29 is 0 Å². The fraction of sp³-hybridized carbons (Fsp3) is 0.500. The summed E-state index contributed by atoms with van der Waals surface area (Å²) < 4.78 is 1.86. The van der Waals surface area contributed by atoms with Crippen LogP contribution >= 0.6 is 0 Å². The van der Waals surface area contributed by atoms with E-state index in [1.54, 1.807) is 12.3 Å². The molecule has 0 radical (unpaired) electrons. The van der Waals surface area contributed by atoms with E-state index in [1.165, 1.54) is 0 Å². The van der Waals surface area contributed by atoms with E-state index >= 15 is 0 Å². The molecule has 2 rings (SSSR count). The minimum absolute atomic E-state index is 0.127. The van der Waals surface area contributed by atoms with Crippen LogP contribution in [0.1, 0.15) is 39.8 Å². The normalized spacial score (nSPS) is 11.8. The Hall–Kier alpha value is -1.91. The number of nitrogens with zero attached hydrogens (tertiary/aromatic N) is 3. The van der Waals surface area contributed by atoms with Crippen LogP contribution in [0.5, 0.6) is 0 Å². The first-order valence-corrected chi connectivity index (χ1v) is 6.55. The Morgan fingerprint density at radius 2 is 2.11 bits per heavy atom. The quantitative estimate of drug-likeness (QED) is 0.921. The van der Waals surface area contributed by atoms with Gasteiger partial charge in [-0.25, -0.2) is 4.98 Å². The van der Waals surface area contributed by atoms with Crippen molar-refractivity contribution >= 4 is 0 Å². The number of rotatable bonds is 3. The van der Waals surface area contributed by atoms with Crippen LogP contribution in [0.25, 0.3) is 11.4 Å². The molecule has 102 valence electrons. The van der Waals surface area contributed by atoms with Gasteiger partial charge in [-0.2, -0.15) is 5.10 Å². The van der Waals surface area contributed by atoms with Gasteiger partial charge >= 0.3 is 0 Å². The van der Waals surface area contributed by atoms with Crippen LogP contribution in [-0.2, 0) is 12.0 Å². The maximum Gasteiger partial charge on any atom is 0.251 e. The molecule has 0 fully saturated rings. The molecule has 0 aliphatic rings. The monoisotopic (exact) mass is 260 g/mol. The van der Waals surface area contributed by atoms with Gasteiger partial charge in [0.25, 0.3) is 5.56 Å². The molecule has 0 bridgehead atoms. The average molecular weight is 260 g/mol. The molecule has 0 atom stereocenters. The van der Waals surface area contributed by atoms with Crippen LogP contribution in [-0.4, -0.2) is 19.7 Å². The van der Waals surface area contributed by atoms with E-state index in [0.717, 1.165) is 24.2 Å². The van der Waals surface area contributed by atoms with Gasteiger partial charge in [0.2, 0.25) is 0 Å². The fourth-order valence-electron chi connectivity index (χ4n) is 1.82. The molecule has 0 aliphatic heterocycles. The van der Waals surface area contributed by atoms with Crippen LogP contribution in [0, 0.1) is 0 Å². The topological polar surface area (TPSA) is 63.6 Å². The molecule has 5 nitrogen and oxygen atoms in total. The van der Waals surface area contributed by atoms with Gasteiger partial charge < -0.3 is 4.98 Å². The average Bonchev–Trinajstić information content (AvgIpc) is 2.76. The first kappa shape index (κ1) is 13.5. The maximum absolute atomic E-state index is 11.7. The minimum atomic E-state index is -0.150. The third-order valence-electron chi connectivity index (χ3n) is 2.87. The molecule has 0 aromatic carbocycles. The molecule has 5 heteroatoms. The summed E-state index contributed by atoms with van der Waals surface area (Å²) in [6, 6.07) is 1.56. The number of aromatic amines is 1. The largest absolute Gasteiger partial charge is 0.306 e. The van der Waals surface area contributed by atoms with E-state index in [0.29, 0.717) is 5.82 Å². The van der Waals surface area contributed by atoms with Crippen molar-refractivity contribution in [2.24, 2.45) is 0 Å². The minimum Gasteiger partial charge on any atom is -0.306 e. The lowest BCUT2D eigenvalue weighted by molar-refractivity contribution is 0.566. The molecule has 0 unspecified atom stereocenters. The smallest absolute Gasteiger partial charge is 0.251 e. The molecule has 0 spiro atoms. The molecule has 2 aromatic heterocycles. The predicted molar refractivity (Wildman–Crippen MR) is 75.1 cm³/mol. The Morgan fingerprint density at radius 3 is 2.74 bits per heavy atom. The summed E-state index contributed by atoms with van der Waals surface area (Å²) in [6.45, 7) is 9.09. The van der Waals surface area contributed by atoms with Gasteiger partial charge in [0.15, 0.2) is 0 Å². The zero-order valence-corrected chi connectivity index (χ0v) is 11.9. The molecule has 0 aliphatic carbocycles. The predicted octanol–water partition coefficient (Wildman–Crippen LogP) is 2.34. The van der Waals surface area contributed by atoms with Crippen molar-refractivity contribution in [2.75, 3.05) is 0 Å². The summed E-state index contributed by atoms with van der Waals surface area (Å²) in [5.41, 5.74) is 1.35. The van der Waals surface area contributed by atoms with Crippen LogP contribution in [0.3, 0.4) is 0 Å². The van der Waals surface area contributed by atoms with Crippen LogP contribution in [0.4, 0.5) is 0 Å². The number of nitrogens with one attached hydrogen (secondary N) is 1. The van der Waals surface area contributed by atoms with Gasteiger partial charge in [0, 0.05) is 24.2 Å². The van der Waals surface area contributed by atoms with Crippen molar-refractivity contribution in [1.82, 2.24) is 19.7 Å². The SMILES string of the molecule is CCCn1cc(-c2nc(C(C)(C)C)cc(=O)[nH]2)cn1. The van der Waals surface area contributed by atoms with Gasteiger partial charge in [0.1, 0.15) is 5.82 Å². The number of hydrogen-bond acceptors (Lipinski definition) is 3. The summed E-state index contributed by atoms with van der Waals surface area (Å²) in [4.78, 5) is 19.1. The number of aromatic nitrogens is 4. The van der Waals surface area contributed by atoms with Crippen LogP contribution in [0.15, 0.2) is 23.3 Å². The molecular formula is C14H20N4O. The van der Waals surface area contributed by atoms with E-state index in [2.05, 4.69) is 22.0 Å². The lowest BCUT2D eigenvalue weighted by Gasteiger charge is -2.17. The number of H-pyrrole nitrogens is 1. The standard InChI is InChI=1S/C14H20N4O/c1-5-6-18-9-10(8-15-18)13-16-11(14(2,3)4)7-12(19)17-13/h7-9H,5-6H2,1-4H3,(H,16,17,19). The molecule has 0 amide bonds. The number of hydrogen-bond donors (Lipinski definition) is 1. The van der Waals surface area contributed by atoms with Crippen molar-refractivity contribution in [1.29, 1.82) is 0 Å². The van der Waals surface area contributed by atoms with E-state index in [-0.39, 0.29) is 11.0 Å². The van der Waals surface area contributed by atoms with E-state index in [9.17, 15) is 4.79 Å². The van der Waals surface area contributed by atoms with Crippen LogP contribution in [0.2, 0.25) is 0 Å². The molecule has 0 saturated carbocycles. The molecule has 19 heavy (non-hydrogen) atoms. The maximum atomic E-state index is 11.7. The zero-order valence-electron chi connectivity index (χ0n) is 11.9. The summed E-state index contributed by atoms with van der Waals surface area (Å²) in [5.74, 6) is 0.583. The van der Waals surface area contributed by atoms with Gasteiger partial charge in [-0.1, -0.05) is 27.7 Å². The van der Waals surface area contributed by atoms with Gasteiger partial charge in [0.05, 0.1) is 17.5 Å². The van der Waals surface area contributed by atoms with Gasteiger partial charge in [-0.15, -0.1) is 0 Å². The second kappa shape index (κ2) is 4.99. The first-order chi connectivity index (χ1) is 8.90. The van der Waals surface area contributed by atoms with Gasteiger partial charge in [-0.3, -0.25) is 9.48 Å². The lowest BCUT2D eigenvalue weighted by atomic mass is 9.92. The zero-order chi connectivity index (χ0) is 14.0. The lowest BCUT2D eigenvalue weighted by Crippen LogP contribution is -2.19. The van der Waals surface area contributed by atoms with Crippen molar-refractivity contribution in [2.45, 2.75) is 46.1 Å². The highest BCUT2D eigenvalue weighted by atomic mass is 16.1. The first-order valence-electron chi connectivity index (χ1n) is 6.55. The Labute approximate surface area is 112 Å². The third-order valence-corrected chi connectivity index (χ3v) is 2.87. The Kier molecular flexibility index (Phi) is 3.55. The third kappa shape index (κ3) is 3.10. The summed E-state index contributed by atoms with van der Waals surface area (Å²) in [7, 11) is 0. The van der Waals surface area contributed by atoms with E-state index in [4.69, 9.17) is 0 Å². The summed E-state index contributed by atoms with van der Waals surface area (Å²) in [5, 5.41) is 4.26. The second-order valence-corrected chi connectivity index (χ2v) is 5.72. The highest BCUT2D eigenvalue weighted by Crippen LogP contribution is 2.21. The van der Waals surface area contributed by atoms with Crippen molar-refractivity contribution in [3.63, 3.8) is 0 Å². The van der Waals surface area contributed by atoms with Gasteiger partial charge in [-0.05, 0) is 6.42 Å². The molecule has 0 saturated heterocycles. The molecular weight excluding hydrogens is 240 g/mol. The van der Waals surface area contributed by atoms with E-state index in [1.807, 2.05) is 31.6 Å². The Balaban J connectivity index is 2.44. The molecule has 2 heterocycles. The summed E-state index contributed by atoms with van der Waals surface area (Å²) in [6.07, 6.45) is 4.67. The Morgan fingerprint density at radius 1 is 1.37 bits per heavy atom. The van der Waals surface area contributed by atoms with Crippen molar-refractivity contribution in [3.8, 4) is 11.4 Å². The second-order valence-electron chi connectivity index (χ2n) is 5.72. The summed E-state index contributed by atoms with van der Waals surface area (Å²) >= 11 is 0. The Bertz CT molecular complexity index is 619.